The second kappa shape index (κ2) is 10.1. The van der Waals surface area contributed by atoms with E-state index in [1.807, 2.05) is 0 Å². The van der Waals surface area contributed by atoms with Gasteiger partial charge in [0.25, 0.3) is 5.56 Å². The summed E-state index contributed by atoms with van der Waals surface area (Å²) in [5, 5.41) is 23.9. The Balaban J connectivity index is 1.23. The van der Waals surface area contributed by atoms with Crippen LogP contribution in [-0.4, -0.2) is 81.4 Å². The molecule has 3 aromatic rings. The molecule has 1 saturated carbocycles. The number of phenols is 1. The number of halogens is 2. The van der Waals surface area contributed by atoms with Crippen LogP contribution in [-0.2, 0) is 0 Å². The number of piperazine rings is 1. The summed E-state index contributed by atoms with van der Waals surface area (Å²) >= 11 is 6.57. The molecule has 6 heterocycles. The molecule has 8 rings (SSSR count). The summed E-state index contributed by atoms with van der Waals surface area (Å²) in [4.78, 5) is 21.5. The number of phenolic OH excluding ortho intramolecular Hbond substituents is 1. The van der Waals surface area contributed by atoms with Crippen molar-refractivity contribution < 1.29 is 14.2 Å². The van der Waals surface area contributed by atoms with Crippen LogP contribution in [0.25, 0.3) is 16.5 Å². The van der Waals surface area contributed by atoms with Gasteiger partial charge in [-0.2, -0.15) is 9.78 Å². The number of pyridine rings is 1. The summed E-state index contributed by atoms with van der Waals surface area (Å²) in [6.45, 7) is 3.49. The topological polar surface area (TPSA) is 105 Å². The number of ether oxygens (including phenoxy) is 1. The number of rotatable bonds is 6. The minimum atomic E-state index is -0.843. The van der Waals surface area contributed by atoms with E-state index < -0.39 is 6.17 Å². The van der Waals surface area contributed by atoms with Crippen molar-refractivity contribution in [1.82, 2.24) is 30.3 Å². The molecule has 4 aliphatic heterocycles. The van der Waals surface area contributed by atoms with Gasteiger partial charge >= 0.3 is 0 Å². The fourth-order valence-electron chi connectivity index (χ4n) is 8.09. The van der Waals surface area contributed by atoms with Gasteiger partial charge in [-0.15, -0.1) is 0 Å². The molecule has 0 amide bonds. The molecule has 222 valence electrons. The zero-order valence-corrected chi connectivity index (χ0v) is 24.2. The zero-order chi connectivity index (χ0) is 28.6. The molecule has 2 unspecified atom stereocenters. The Hall–Kier alpha value is -2.79. The SMILES string of the molecule is O=c1c2cc(OC[C@@]34CCCN3C[C@H](F)C4)nc(C3CC4CNCC(C3)N4)c2cnn1-c1cc(O)cc(Cl)c1C1CC1. The average molecular weight is 595 g/mol. The standard InChI is InChI=1S/C31H36ClFN6O3/c32-25-8-22(40)9-26(28(25)17-2-3-17)39-30(41)23-10-27(42-16-31-4-1-5-38(31)15-19(33)11-31)37-29(24(23)14-35-39)18-6-20-12-34-13-21(7-18)36-20/h8-10,14,17-21,34,36,40H,1-7,11-13,15-16H2/t18?,19-,20?,21?,31+/m1/s1. The predicted molar refractivity (Wildman–Crippen MR) is 158 cm³/mol. The molecular formula is C31H36ClFN6O3. The van der Waals surface area contributed by atoms with Gasteiger partial charge in [0.05, 0.1) is 28.5 Å². The lowest BCUT2D eigenvalue weighted by Crippen LogP contribution is -2.58. The molecule has 2 aromatic heterocycles. The van der Waals surface area contributed by atoms with Crippen LogP contribution >= 0.6 is 11.6 Å². The fourth-order valence-corrected chi connectivity index (χ4v) is 8.45. The Morgan fingerprint density at radius 2 is 1.95 bits per heavy atom. The van der Waals surface area contributed by atoms with Gasteiger partial charge in [0.2, 0.25) is 5.88 Å². The molecule has 4 saturated heterocycles. The molecule has 11 heteroatoms. The van der Waals surface area contributed by atoms with Crippen molar-refractivity contribution >= 4 is 22.4 Å². The molecule has 5 fully saturated rings. The van der Waals surface area contributed by atoms with Gasteiger partial charge in [0.1, 0.15) is 18.5 Å². The highest BCUT2D eigenvalue weighted by Crippen LogP contribution is 2.47. The first kappa shape index (κ1) is 26.8. The molecule has 0 spiro atoms. The van der Waals surface area contributed by atoms with Gasteiger partial charge in [-0.05, 0) is 62.6 Å². The van der Waals surface area contributed by atoms with E-state index in [9.17, 15) is 14.3 Å². The molecule has 9 nitrogen and oxygen atoms in total. The van der Waals surface area contributed by atoms with Crippen molar-refractivity contribution in [2.45, 2.75) is 80.6 Å². The highest BCUT2D eigenvalue weighted by Gasteiger charge is 2.49. The second-order valence-electron chi connectivity index (χ2n) is 13.1. The van der Waals surface area contributed by atoms with Crippen LogP contribution in [0.3, 0.4) is 0 Å². The summed E-state index contributed by atoms with van der Waals surface area (Å²) in [6, 6.07) is 5.49. The van der Waals surface area contributed by atoms with Gasteiger partial charge in [0, 0.05) is 66.6 Å². The summed E-state index contributed by atoms with van der Waals surface area (Å²) in [6.07, 6.45) is 7.05. The lowest BCUT2D eigenvalue weighted by molar-refractivity contribution is 0.110. The summed E-state index contributed by atoms with van der Waals surface area (Å²) in [5.41, 5.74) is 1.58. The fraction of sp³-hybridized carbons (Fsp3) is 0.581. The number of nitrogens with one attached hydrogen (secondary N) is 2. The molecule has 1 aromatic carbocycles. The first-order valence-electron chi connectivity index (χ1n) is 15.3. The summed E-state index contributed by atoms with van der Waals surface area (Å²) in [5.74, 6) is 0.776. The van der Waals surface area contributed by atoms with Crippen molar-refractivity contribution in [1.29, 1.82) is 0 Å². The number of fused-ring (bicyclic) bond motifs is 4. The van der Waals surface area contributed by atoms with Gasteiger partial charge in [0.15, 0.2) is 0 Å². The van der Waals surface area contributed by atoms with E-state index in [0.29, 0.717) is 53.6 Å². The number of hydrogen-bond donors (Lipinski definition) is 3. The zero-order valence-electron chi connectivity index (χ0n) is 23.5. The minimum absolute atomic E-state index is 0.00871. The highest BCUT2D eigenvalue weighted by molar-refractivity contribution is 6.32. The summed E-state index contributed by atoms with van der Waals surface area (Å²) < 4.78 is 22.2. The Kier molecular flexibility index (Phi) is 6.48. The van der Waals surface area contributed by atoms with E-state index in [4.69, 9.17) is 21.3 Å². The number of piperidine rings is 1. The Morgan fingerprint density at radius 3 is 2.74 bits per heavy atom. The molecule has 42 heavy (non-hydrogen) atoms. The third-order valence-electron chi connectivity index (χ3n) is 10.1. The molecule has 2 bridgehead atoms. The average Bonchev–Trinajstić information content (AvgIpc) is 3.64. The van der Waals surface area contributed by atoms with Crippen LogP contribution in [0.5, 0.6) is 11.6 Å². The normalized spacial score (nSPS) is 31.0. The first-order chi connectivity index (χ1) is 20.4. The number of aromatic hydroxyl groups is 1. The Morgan fingerprint density at radius 1 is 1.14 bits per heavy atom. The monoisotopic (exact) mass is 594 g/mol. The van der Waals surface area contributed by atoms with Gasteiger partial charge in [-0.25, -0.2) is 9.37 Å². The largest absolute Gasteiger partial charge is 0.508 e. The van der Waals surface area contributed by atoms with Gasteiger partial charge in [-0.1, -0.05) is 11.6 Å². The first-order valence-corrected chi connectivity index (χ1v) is 15.7. The van der Waals surface area contributed by atoms with Crippen LogP contribution in [0.1, 0.15) is 68.0 Å². The third-order valence-corrected chi connectivity index (χ3v) is 10.4. The number of hydrogen-bond acceptors (Lipinski definition) is 8. The minimum Gasteiger partial charge on any atom is -0.508 e. The smallest absolute Gasteiger partial charge is 0.279 e. The van der Waals surface area contributed by atoms with Gasteiger partial charge in [-0.3, -0.25) is 9.69 Å². The molecular weight excluding hydrogens is 559 g/mol. The lowest BCUT2D eigenvalue weighted by Gasteiger charge is -2.40. The van der Waals surface area contributed by atoms with E-state index >= 15 is 0 Å². The predicted octanol–water partition coefficient (Wildman–Crippen LogP) is 3.78. The lowest BCUT2D eigenvalue weighted by atomic mass is 9.82. The number of aromatic nitrogens is 3. The van der Waals surface area contributed by atoms with Gasteiger partial charge < -0.3 is 20.5 Å². The van der Waals surface area contributed by atoms with Crippen LogP contribution in [0, 0.1) is 0 Å². The van der Waals surface area contributed by atoms with E-state index in [-0.39, 0.29) is 28.7 Å². The van der Waals surface area contributed by atoms with E-state index in [1.165, 1.54) is 10.7 Å². The maximum Gasteiger partial charge on any atom is 0.279 e. The number of alkyl halides is 1. The van der Waals surface area contributed by atoms with Crippen LogP contribution in [0.4, 0.5) is 4.39 Å². The van der Waals surface area contributed by atoms with Crippen LogP contribution in [0.15, 0.2) is 29.2 Å². The molecule has 1 aliphatic carbocycles. The maximum atomic E-state index is 14.5. The van der Waals surface area contributed by atoms with Crippen molar-refractivity contribution in [2.75, 3.05) is 32.8 Å². The van der Waals surface area contributed by atoms with E-state index in [1.54, 1.807) is 18.3 Å². The summed E-state index contributed by atoms with van der Waals surface area (Å²) in [7, 11) is 0. The third kappa shape index (κ3) is 4.58. The maximum absolute atomic E-state index is 14.5. The molecule has 3 N–H and O–H groups in total. The Labute approximate surface area is 248 Å². The number of benzene rings is 1. The second-order valence-corrected chi connectivity index (χ2v) is 13.5. The number of nitrogens with zero attached hydrogens (tertiary/aromatic N) is 4. The van der Waals surface area contributed by atoms with Crippen molar-refractivity contribution in [3.05, 3.63) is 51.0 Å². The van der Waals surface area contributed by atoms with Crippen molar-refractivity contribution in [3.63, 3.8) is 0 Å². The molecule has 4 atom stereocenters. The van der Waals surface area contributed by atoms with Crippen molar-refractivity contribution in [2.24, 2.45) is 0 Å². The van der Waals surface area contributed by atoms with Crippen molar-refractivity contribution in [3.8, 4) is 17.3 Å². The van der Waals surface area contributed by atoms with E-state index in [2.05, 4.69) is 20.6 Å². The van der Waals surface area contributed by atoms with E-state index in [0.717, 1.165) is 74.8 Å². The highest BCUT2D eigenvalue weighted by atomic mass is 35.5. The van der Waals surface area contributed by atoms with Crippen LogP contribution < -0.4 is 20.9 Å². The van der Waals surface area contributed by atoms with Crippen LogP contribution in [0.2, 0.25) is 5.02 Å². The Bertz CT molecular complexity index is 1600. The quantitative estimate of drug-likeness (QED) is 0.396. The molecule has 0 radical (unpaired) electrons. The molecule has 5 aliphatic rings.